The van der Waals surface area contributed by atoms with Crippen molar-refractivity contribution >= 4 is 62.4 Å². The zero-order valence-electron chi connectivity index (χ0n) is 28.0. The number of aliphatic hydroxyl groups is 3. The van der Waals surface area contributed by atoms with Crippen LogP contribution in [-0.4, -0.2) is 73.6 Å². The van der Waals surface area contributed by atoms with Crippen molar-refractivity contribution in [3.05, 3.63) is 105 Å². The first kappa shape index (κ1) is 34.4. The highest BCUT2D eigenvalue weighted by Crippen LogP contribution is 2.46. The summed E-state index contributed by atoms with van der Waals surface area (Å²) < 4.78 is 6.27. The summed E-state index contributed by atoms with van der Waals surface area (Å²) in [4.78, 5) is 20.2. The topological polar surface area (TPSA) is 144 Å². The highest BCUT2D eigenvalue weighted by atomic mass is 35.5. The summed E-state index contributed by atoms with van der Waals surface area (Å²) in [6.07, 6.45) is 4.68. The monoisotopic (exact) mass is 735 g/mol. The van der Waals surface area contributed by atoms with Crippen molar-refractivity contribution in [3.63, 3.8) is 0 Å². The summed E-state index contributed by atoms with van der Waals surface area (Å²) in [6, 6.07) is 17.1. The van der Waals surface area contributed by atoms with Gasteiger partial charge >= 0.3 is 0 Å². The van der Waals surface area contributed by atoms with Crippen molar-refractivity contribution in [2.75, 3.05) is 31.6 Å². The molecule has 0 radical (unpaired) electrons. The Morgan fingerprint density at radius 3 is 2.63 bits per heavy atom. The molecule has 3 aromatic heterocycles. The molecular formula is C39H35Cl2N7O4. The minimum absolute atomic E-state index is 0.0795. The van der Waals surface area contributed by atoms with E-state index in [1.165, 1.54) is 0 Å². The van der Waals surface area contributed by atoms with Gasteiger partial charge in [-0.15, -0.1) is 0 Å². The zero-order valence-corrected chi connectivity index (χ0v) is 29.5. The molecule has 1 unspecified atom stereocenters. The number of hydrogen-bond donors (Lipinski definition) is 5. The number of pyridine rings is 2. The molecule has 0 bridgehead atoms. The number of nitrogens with zero attached hydrogens (tertiary/aromatic N) is 5. The van der Waals surface area contributed by atoms with Crippen LogP contribution in [0.4, 0.5) is 17.2 Å². The SMILES string of the molecule is [C-]#[N+]c1c2c(cc3nc(-c4cccc(-c5cccc(Nc6nccc7cc(CN8CC[C@@H](O)C8)cnc67)c5Cl)c4Cl)oc13)[C@H](NCC(O)CO)CC2. The van der Waals surface area contributed by atoms with Gasteiger partial charge in [-0.05, 0) is 66.3 Å². The van der Waals surface area contributed by atoms with E-state index < -0.39 is 6.10 Å². The lowest BCUT2D eigenvalue weighted by Gasteiger charge is -2.16. The second-order valence-corrected chi connectivity index (χ2v) is 14.1. The Balaban J connectivity index is 1.09. The van der Waals surface area contributed by atoms with Crippen molar-refractivity contribution in [3.8, 4) is 22.6 Å². The number of rotatable bonds is 10. The van der Waals surface area contributed by atoms with Gasteiger partial charge in [0.15, 0.2) is 11.4 Å². The number of benzene rings is 3. The van der Waals surface area contributed by atoms with E-state index in [1.54, 1.807) is 6.20 Å². The van der Waals surface area contributed by atoms with E-state index in [9.17, 15) is 15.3 Å². The molecule has 264 valence electrons. The fourth-order valence-corrected chi connectivity index (χ4v) is 7.86. The summed E-state index contributed by atoms with van der Waals surface area (Å²) in [6.45, 7) is 10.1. The van der Waals surface area contributed by atoms with E-state index in [1.807, 2.05) is 54.7 Å². The van der Waals surface area contributed by atoms with Gasteiger partial charge in [0, 0.05) is 61.1 Å². The van der Waals surface area contributed by atoms with Gasteiger partial charge in [-0.3, -0.25) is 9.88 Å². The van der Waals surface area contributed by atoms with Gasteiger partial charge in [0.1, 0.15) is 5.52 Å². The van der Waals surface area contributed by atoms with Gasteiger partial charge in [-0.25, -0.2) is 14.8 Å². The van der Waals surface area contributed by atoms with Crippen LogP contribution < -0.4 is 10.6 Å². The van der Waals surface area contributed by atoms with E-state index in [2.05, 4.69) is 31.4 Å². The molecule has 1 aliphatic heterocycles. The lowest BCUT2D eigenvalue weighted by molar-refractivity contribution is 0.0919. The molecule has 5 N–H and O–H groups in total. The van der Waals surface area contributed by atoms with Crippen molar-refractivity contribution in [1.29, 1.82) is 0 Å². The van der Waals surface area contributed by atoms with Crippen LogP contribution in [0.15, 0.2) is 71.4 Å². The molecule has 3 atom stereocenters. The average Bonchev–Trinajstić information content (AvgIpc) is 3.88. The Morgan fingerprint density at radius 1 is 1.04 bits per heavy atom. The van der Waals surface area contributed by atoms with Crippen LogP contribution in [0.25, 0.3) is 49.4 Å². The molecule has 1 saturated heterocycles. The van der Waals surface area contributed by atoms with Gasteiger partial charge in [-0.2, -0.15) is 0 Å². The van der Waals surface area contributed by atoms with Gasteiger partial charge < -0.3 is 30.4 Å². The Bertz CT molecular complexity index is 2360. The highest BCUT2D eigenvalue weighted by Gasteiger charge is 2.29. The first-order valence-electron chi connectivity index (χ1n) is 17.2. The van der Waals surface area contributed by atoms with E-state index in [4.69, 9.17) is 44.2 Å². The number of nitrogens with one attached hydrogen (secondary N) is 2. The molecular weight excluding hydrogens is 701 g/mol. The van der Waals surface area contributed by atoms with E-state index in [0.29, 0.717) is 73.5 Å². The quantitative estimate of drug-likeness (QED) is 0.0917. The molecule has 0 saturated carbocycles. The Morgan fingerprint density at radius 2 is 1.85 bits per heavy atom. The number of β-amino-alcohol motifs (C(OH)–C–C–N with tert-alkyl or cyclic N) is 1. The maximum atomic E-state index is 9.91. The fraction of sp³-hybridized carbons (Fsp3) is 0.282. The summed E-state index contributed by atoms with van der Waals surface area (Å²) in [5.41, 5.74) is 7.54. The molecule has 8 rings (SSSR count). The number of anilines is 2. The minimum Gasteiger partial charge on any atom is -0.448 e. The highest BCUT2D eigenvalue weighted by molar-refractivity contribution is 6.39. The van der Waals surface area contributed by atoms with Crippen LogP contribution in [-0.2, 0) is 13.0 Å². The Kier molecular flexibility index (Phi) is 9.55. The normalized spacial score (nSPS) is 17.8. The van der Waals surface area contributed by atoms with Gasteiger partial charge in [0.25, 0.3) is 0 Å². The first-order chi connectivity index (χ1) is 25.3. The van der Waals surface area contributed by atoms with Crippen molar-refractivity contribution < 1.29 is 19.7 Å². The number of oxazole rings is 1. The number of halogens is 2. The largest absolute Gasteiger partial charge is 0.448 e. The van der Waals surface area contributed by atoms with E-state index in [-0.39, 0.29) is 31.2 Å². The molecule has 0 amide bonds. The van der Waals surface area contributed by atoms with Gasteiger partial charge in [0.05, 0.1) is 52.2 Å². The molecule has 3 aromatic carbocycles. The smallest absolute Gasteiger partial charge is 0.234 e. The first-order valence-corrected chi connectivity index (χ1v) is 17.9. The maximum absolute atomic E-state index is 9.91. The maximum Gasteiger partial charge on any atom is 0.234 e. The summed E-state index contributed by atoms with van der Waals surface area (Å²) in [5, 5.41) is 37.5. The Labute approximate surface area is 309 Å². The average molecular weight is 737 g/mol. The molecule has 52 heavy (non-hydrogen) atoms. The van der Waals surface area contributed by atoms with E-state index >= 15 is 0 Å². The fourth-order valence-electron chi connectivity index (χ4n) is 7.28. The standard InChI is InChI=1S/C39H35Cl2N7O4/c1-42-36-27-8-9-30(44-17-24(51)20-49)29(27)15-32-37(36)52-39(47-32)28-6-2-4-25(33(28)40)26-5-3-7-31(34(26)41)46-38-35-22(10-12-43-38)14-21(16-45-35)18-48-13-11-23(50)19-48/h2-7,10,12,14-16,23-24,30,44,49-51H,8-9,11,13,17-20H2,(H,43,46)/t23-,24?,30-/m1/s1. The minimum atomic E-state index is -0.867. The van der Waals surface area contributed by atoms with Crippen molar-refractivity contribution in [2.24, 2.45) is 0 Å². The number of aliphatic hydroxyl groups excluding tert-OH is 3. The van der Waals surface area contributed by atoms with Crippen molar-refractivity contribution in [1.82, 2.24) is 25.2 Å². The summed E-state index contributed by atoms with van der Waals surface area (Å²) in [7, 11) is 0. The molecule has 2 aliphatic rings. The number of aromatic nitrogens is 3. The predicted octanol–water partition coefficient (Wildman–Crippen LogP) is 7.20. The second-order valence-electron chi connectivity index (χ2n) is 13.3. The third-order valence-electron chi connectivity index (χ3n) is 9.86. The van der Waals surface area contributed by atoms with Crippen LogP contribution in [0.2, 0.25) is 10.0 Å². The molecule has 4 heterocycles. The van der Waals surface area contributed by atoms with Crippen LogP contribution in [0, 0.1) is 6.57 Å². The Hall–Kier alpha value is -4.64. The van der Waals surface area contributed by atoms with Gasteiger partial charge in [-0.1, -0.05) is 47.5 Å². The number of likely N-dealkylation sites (tertiary alicyclic amines) is 1. The third kappa shape index (κ3) is 6.48. The summed E-state index contributed by atoms with van der Waals surface area (Å²) in [5.74, 6) is 0.850. The zero-order chi connectivity index (χ0) is 35.9. The lowest BCUT2D eigenvalue weighted by atomic mass is 10.0. The molecule has 6 aromatic rings. The van der Waals surface area contributed by atoms with Crippen LogP contribution in [0.5, 0.6) is 0 Å². The van der Waals surface area contributed by atoms with Crippen LogP contribution >= 0.6 is 23.2 Å². The summed E-state index contributed by atoms with van der Waals surface area (Å²) >= 11 is 14.2. The van der Waals surface area contributed by atoms with Crippen LogP contribution in [0.1, 0.15) is 35.6 Å². The van der Waals surface area contributed by atoms with E-state index in [0.717, 1.165) is 48.0 Å². The third-order valence-corrected chi connectivity index (χ3v) is 10.7. The molecule has 1 aliphatic carbocycles. The lowest BCUT2D eigenvalue weighted by Crippen LogP contribution is -2.31. The predicted molar refractivity (Wildman–Crippen MR) is 202 cm³/mol. The van der Waals surface area contributed by atoms with Crippen molar-refractivity contribution in [2.45, 2.75) is 44.1 Å². The van der Waals surface area contributed by atoms with Crippen LogP contribution in [0.3, 0.4) is 0 Å². The molecule has 11 nitrogen and oxygen atoms in total. The number of hydrogen-bond acceptors (Lipinski definition) is 10. The second kappa shape index (κ2) is 14.4. The molecule has 0 spiro atoms. The number of fused-ring (bicyclic) bond motifs is 3. The van der Waals surface area contributed by atoms with Gasteiger partial charge in [0.2, 0.25) is 11.6 Å². The molecule has 1 fully saturated rings. The molecule has 13 heteroatoms.